The number of aryl methyl sites for hydroxylation is 1. The summed E-state index contributed by atoms with van der Waals surface area (Å²) in [6.07, 6.45) is 1.35. The number of methoxy groups -OCH3 is 1. The molecule has 0 unspecified atom stereocenters. The Morgan fingerprint density at radius 1 is 1.53 bits per heavy atom. The number of rotatable bonds is 3. The van der Waals surface area contributed by atoms with Gasteiger partial charge in [-0.2, -0.15) is 5.26 Å². The van der Waals surface area contributed by atoms with E-state index < -0.39 is 0 Å². The Labute approximate surface area is 109 Å². The number of ether oxygens (including phenoxy) is 1. The number of aromatic nitrogens is 1. The molecule has 6 nitrogen and oxygen atoms in total. The first kappa shape index (κ1) is 12.6. The van der Waals surface area contributed by atoms with Gasteiger partial charge in [0.2, 0.25) is 0 Å². The van der Waals surface area contributed by atoms with Crippen molar-refractivity contribution in [2.75, 3.05) is 12.4 Å². The lowest BCUT2D eigenvalue weighted by Gasteiger charge is -2.09. The molecule has 0 aliphatic heterocycles. The van der Waals surface area contributed by atoms with E-state index in [2.05, 4.69) is 10.5 Å². The van der Waals surface area contributed by atoms with Gasteiger partial charge in [0.05, 0.1) is 30.6 Å². The standard InChI is InChI=1S/C13H11N3O3/c1-8-10(7-15-19-8)13(17)16-11-4-3-9(6-14)5-12(11)18-2/h3-5,7H,1-2H3,(H,16,17). The summed E-state index contributed by atoms with van der Waals surface area (Å²) in [4.78, 5) is 12.0. The third-order valence-corrected chi connectivity index (χ3v) is 2.57. The van der Waals surface area contributed by atoms with Crippen molar-refractivity contribution in [2.45, 2.75) is 6.92 Å². The van der Waals surface area contributed by atoms with Crippen molar-refractivity contribution in [1.29, 1.82) is 5.26 Å². The van der Waals surface area contributed by atoms with E-state index in [-0.39, 0.29) is 5.91 Å². The predicted molar refractivity (Wildman–Crippen MR) is 66.9 cm³/mol. The highest BCUT2D eigenvalue weighted by Crippen LogP contribution is 2.26. The molecule has 1 heterocycles. The minimum Gasteiger partial charge on any atom is -0.495 e. The van der Waals surface area contributed by atoms with E-state index in [1.165, 1.54) is 13.3 Å². The van der Waals surface area contributed by atoms with Crippen molar-refractivity contribution >= 4 is 11.6 Å². The molecular weight excluding hydrogens is 246 g/mol. The lowest BCUT2D eigenvalue weighted by molar-refractivity contribution is 0.102. The van der Waals surface area contributed by atoms with E-state index in [9.17, 15) is 4.79 Å². The Balaban J connectivity index is 2.27. The number of benzene rings is 1. The molecule has 1 aromatic carbocycles. The average Bonchev–Trinajstić information content (AvgIpc) is 2.85. The van der Waals surface area contributed by atoms with Gasteiger partial charge < -0.3 is 14.6 Å². The fourth-order valence-electron chi connectivity index (χ4n) is 1.57. The van der Waals surface area contributed by atoms with Crippen molar-refractivity contribution in [3.63, 3.8) is 0 Å². The molecule has 0 bridgehead atoms. The summed E-state index contributed by atoms with van der Waals surface area (Å²) in [6.45, 7) is 1.65. The van der Waals surface area contributed by atoms with Crippen molar-refractivity contribution in [3.05, 3.63) is 41.3 Å². The second-order valence-corrected chi connectivity index (χ2v) is 3.78. The summed E-state index contributed by atoms with van der Waals surface area (Å²) in [7, 11) is 1.47. The third kappa shape index (κ3) is 2.55. The van der Waals surface area contributed by atoms with Crippen LogP contribution in [0.15, 0.2) is 28.9 Å². The van der Waals surface area contributed by atoms with Crippen LogP contribution in [0.3, 0.4) is 0 Å². The number of nitrogens with one attached hydrogen (secondary N) is 1. The zero-order valence-corrected chi connectivity index (χ0v) is 10.4. The first-order chi connectivity index (χ1) is 9.15. The zero-order chi connectivity index (χ0) is 13.8. The maximum absolute atomic E-state index is 12.0. The monoisotopic (exact) mass is 257 g/mol. The van der Waals surface area contributed by atoms with Gasteiger partial charge in [-0.05, 0) is 19.1 Å². The van der Waals surface area contributed by atoms with Crippen LogP contribution in [0.4, 0.5) is 5.69 Å². The Morgan fingerprint density at radius 3 is 2.89 bits per heavy atom. The number of anilines is 1. The van der Waals surface area contributed by atoms with Gasteiger partial charge in [0.15, 0.2) is 0 Å². The number of nitrogens with zero attached hydrogens (tertiary/aromatic N) is 2. The molecule has 2 rings (SSSR count). The fourth-order valence-corrected chi connectivity index (χ4v) is 1.57. The van der Waals surface area contributed by atoms with E-state index in [0.717, 1.165) is 0 Å². The van der Waals surface area contributed by atoms with E-state index >= 15 is 0 Å². The van der Waals surface area contributed by atoms with E-state index in [0.29, 0.717) is 28.3 Å². The molecule has 96 valence electrons. The normalized spacial score (nSPS) is 9.74. The molecule has 19 heavy (non-hydrogen) atoms. The van der Waals surface area contributed by atoms with Gasteiger partial charge in [0.1, 0.15) is 17.1 Å². The van der Waals surface area contributed by atoms with Crippen LogP contribution in [0.5, 0.6) is 5.75 Å². The topological polar surface area (TPSA) is 88.1 Å². The minimum atomic E-state index is -0.346. The molecule has 0 fully saturated rings. The smallest absolute Gasteiger partial charge is 0.260 e. The van der Waals surface area contributed by atoms with Gasteiger partial charge >= 0.3 is 0 Å². The van der Waals surface area contributed by atoms with Crippen molar-refractivity contribution in [3.8, 4) is 11.8 Å². The van der Waals surface area contributed by atoms with Crippen LogP contribution in [-0.4, -0.2) is 18.2 Å². The molecule has 0 saturated heterocycles. The molecular formula is C13H11N3O3. The number of carbonyl (C=O) groups excluding carboxylic acids is 1. The highest BCUT2D eigenvalue weighted by atomic mass is 16.5. The Morgan fingerprint density at radius 2 is 2.32 bits per heavy atom. The summed E-state index contributed by atoms with van der Waals surface area (Å²) in [5.74, 6) is 0.508. The number of hydrogen-bond donors (Lipinski definition) is 1. The number of nitriles is 1. The van der Waals surface area contributed by atoms with Crippen LogP contribution in [0, 0.1) is 18.3 Å². The van der Waals surface area contributed by atoms with Crippen LogP contribution < -0.4 is 10.1 Å². The van der Waals surface area contributed by atoms with Crippen LogP contribution >= 0.6 is 0 Å². The molecule has 0 aliphatic carbocycles. The SMILES string of the molecule is COc1cc(C#N)ccc1NC(=O)c1cnoc1C. The van der Waals surface area contributed by atoms with Gasteiger partial charge in [-0.1, -0.05) is 5.16 Å². The molecule has 6 heteroatoms. The molecule has 0 saturated carbocycles. The molecule has 2 aromatic rings. The van der Waals surface area contributed by atoms with Gasteiger partial charge in [-0.25, -0.2) is 0 Å². The molecule has 0 spiro atoms. The molecule has 0 aliphatic rings. The highest BCUT2D eigenvalue weighted by molar-refractivity contribution is 6.05. The van der Waals surface area contributed by atoms with Gasteiger partial charge in [0.25, 0.3) is 5.91 Å². The van der Waals surface area contributed by atoms with E-state index in [1.807, 2.05) is 6.07 Å². The largest absolute Gasteiger partial charge is 0.495 e. The summed E-state index contributed by atoms with van der Waals surface area (Å²) >= 11 is 0. The van der Waals surface area contributed by atoms with Gasteiger partial charge in [-0.3, -0.25) is 4.79 Å². The van der Waals surface area contributed by atoms with E-state index in [4.69, 9.17) is 14.5 Å². The zero-order valence-electron chi connectivity index (χ0n) is 10.4. The van der Waals surface area contributed by atoms with Crippen molar-refractivity contribution in [1.82, 2.24) is 5.16 Å². The quantitative estimate of drug-likeness (QED) is 0.909. The summed E-state index contributed by atoms with van der Waals surface area (Å²) in [5.41, 5.74) is 1.29. The van der Waals surface area contributed by atoms with Crippen LogP contribution in [-0.2, 0) is 0 Å². The molecule has 0 atom stereocenters. The second-order valence-electron chi connectivity index (χ2n) is 3.78. The molecule has 0 radical (unpaired) electrons. The summed E-state index contributed by atoms with van der Waals surface area (Å²) < 4.78 is 9.96. The Bertz CT molecular complexity index is 655. The maximum atomic E-state index is 12.0. The predicted octanol–water partition coefficient (Wildman–Crippen LogP) is 2.12. The highest BCUT2D eigenvalue weighted by Gasteiger charge is 2.15. The lowest BCUT2D eigenvalue weighted by Crippen LogP contribution is -2.13. The van der Waals surface area contributed by atoms with Crippen molar-refractivity contribution < 1.29 is 14.1 Å². The van der Waals surface area contributed by atoms with Crippen LogP contribution in [0.2, 0.25) is 0 Å². The number of amides is 1. The summed E-state index contributed by atoms with van der Waals surface area (Å²) in [5, 5.41) is 15.0. The molecule has 1 N–H and O–H groups in total. The lowest BCUT2D eigenvalue weighted by atomic mass is 10.2. The molecule has 1 amide bonds. The van der Waals surface area contributed by atoms with E-state index in [1.54, 1.807) is 25.1 Å². The second kappa shape index (κ2) is 5.23. The minimum absolute atomic E-state index is 0.346. The average molecular weight is 257 g/mol. The van der Waals surface area contributed by atoms with Gasteiger partial charge in [0, 0.05) is 6.07 Å². The summed E-state index contributed by atoms with van der Waals surface area (Å²) in [6, 6.07) is 6.76. The first-order valence-corrected chi connectivity index (χ1v) is 5.46. The Hall–Kier alpha value is -2.81. The Kier molecular flexibility index (Phi) is 3.48. The fraction of sp³-hybridized carbons (Fsp3) is 0.154. The van der Waals surface area contributed by atoms with Crippen LogP contribution in [0.25, 0.3) is 0 Å². The molecule has 1 aromatic heterocycles. The number of carbonyl (C=O) groups is 1. The number of hydrogen-bond acceptors (Lipinski definition) is 5. The van der Waals surface area contributed by atoms with Gasteiger partial charge in [-0.15, -0.1) is 0 Å². The third-order valence-electron chi connectivity index (χ3n) is 2.57. The van der Waals surface area contributed by atoms with Crippen LogP contribution in [0.1, 0.15) is 21.7 Å². The first-order valence-electron chi connectivity index (χ1n) is 5.46. The maximum Gasteiger partial charge on any atom is 0.260 e. The van der Waals surface area contributed by atoms with Crippen molar-refractivity contribution in [2.24, 2.45) is 0 Å².